The first kappa shape index (κ1) is 13.4. The molecular formula is C14H15BrN2S. The standard InChI is InChI=1S/C14H15BrN2S/c1-3-11-13(15)14(18)17-12(16-11)8-10-7-5-4-6-9(10)2/h4-7H,3,8H2,1-2H3,(H,16,17,18). The predicted octanol–water partition coefficient (Wildman–Crippen LogP) is 4.36. The Morgan fingerprint density at radius 3 is 2.72 bits per heavy atom. The molecule has 1 N–H and O–H groups in total. The van der Waals surface area contributed by atoms with Gasteiger partial charge in [0, 0.05) is 12.1 Å². The van der Waals surface area contributed by atoms with Gasteiger partial charge in [0.05, 0.1) is 4.47 Å². The van der Waals surface area contributed by atoms with Gasteiger partial charge in [-0.1, -0.05) is 43.4 Å². The molecule has 94 valence electrons. The van der Waals surface area contributed by atoms with E-state index in [2.05, 4.69) is 57.9 Å². The Hall–Kier alpha value is -1.00. The predicted molar refractivity (Wildman–Crippen MR) is 80.5 cm³/mol. The second-order valence-electron chi connectivity index (χ2n) is 4.24. The second kappa shape index (κ2) is 5.76. The molecule has 2 aromatic rings. The molecule has 0 unspecified atom stereocenters. The van der Waals surface area contributed by atoms with Crippen LogP contribution in [0, 0.1) is 11.6 Å². The molecule has 0 radical (unpaired) electrons. The van der Waals surface area contributed by atoms with Crippen molar-refractivity contribution in [2.45, 2.75) is 26.7 Å². The van der Waals surface area contributed by atoms with E-state index in [1.165, 1.54) is 11.1 Å². The third-order valence-electron chi connectivity index (χ3n) is 2.96. The number of rotatable bonds is 3. The molecule has 2 rings (SSSR count). The number of hydrogen-bond donors (Lipinski definition) is 1. The number of H-pyrrole nitrogens is 1. The fraction of sp³-hybridized carbons (Fsp3) is 0.286. The largest absolute Gasteiger partial charge is 0.346 e. The van der Waals surface area contributed by atoms with Crippen LogP contribution >= 0.6 is 28.1 Å². The Morgan fingerprint density at radius 2 is 2.06 bits per heavy atom. The van der Waals surface area contributed by atoms with Crippen molar-refractivity contribution in [2.24, 2.45) is 0 Å². The fourth-order valence-electron chi connectivity index (χ4n) is 1.87. The van der Waals surface area contributed by atoms with E-state index in [0.29, 0.717) is 4.64 Å². The third kappa shape index (κ3) is 2.87. The first-order valence-corrected chi connectivity index (χ1v) is 7.14. The lowest BCUT2D eigenvalue weighted by Crippen LogP contribution is -2.03. The van der Waals surface area contributed by atoms with E-state index in [0.717, 1.165) is 28.8 Å². The first-order valence-electron chi connectivity index (χ1n) is 5.94. The average Bonchev–Trinajstić information content (AvgIpc) is 2.36. The summed E-state index contributed by atoms with van der Waals surface area (Å²) < 4.78 is 1.54. The van der Waals surface area contributed by atoms with Gasteiger partial charge in [0.2, 0.25) is 0 Å². The maximum atomic E-state index is 5.27. The van der Waals surface area contributed by atoms with E-state index in [-0.39, 0.29) is 0 Å². The van der Waals surface area contributed by atoms with Gasteiger partial charge < -0.3 is 4.98 Å². The Balaban J connectivity index is 2.39. The summed E-state index contributed by atoms with van der Waals surface area (Å²) in [5.74, 6) is 0.925. The van der Waals surface area contributed by atoms with E-state index in [9.17, 15) is 0 Å². The zero-order chi connectivity index (χ0) is 13.1. The van der Waals surface area contributed by atoms with Crippen molar-refractivity contribution in [3.8, 4) is 0 Å². The summed E-state index contributed by atoms with van der Waals surface area (Å²) in [4.78, 5) is 7.78. The molecule has 0 amide bonds. The van der Waals surface area contributed by atoms with E-state index in [1.807, 2.05) is 6.07 Å². The quantitative estimate of drug-likeness (QED) is 0.850. The van der Waals surface area contributed by atoms with Crippen LogP contribution in [-0.2, 0) is 12.8 Å². The highest BCUT2D eigenvalue weighted by Gasteiger charge is 2.06. The molecular weight excluding hydrogens is 308 g/mol. The van der Waals surface area contributed by atoms with Crippen LogP contribution in [0.25, 0.3) is 0 Å². The SMILES string of the molecule is CCc1[nH]c(Cc2ccccc2C)nc(=S)c1Br. The second-order valence-corrected chi connectivity index (χ2v) is 5.42. The molecule has 1 aromatic carbocycles. The van der Waals surface area contributed by atoms with Crippen LogP contribution in [0.1, 0.15) is 29.6 Å². The van der Waals surface area contributed by atoms with Crippen molar-refractivity contribution >= 4 is 28.1 Å². The van der Waals surface area contributed by atoms with E-state index >= 15 is 0 Å². The van der Waals surface area contributed by atoms with Gasteiger partial charge in [-0.3, -0.25) is 0 Å². The van der Waals surface area contributed by atoms with Crippen LogP contribution in [0.5, 0.6) is 0 Å². The normalized spacial score (nSPS) is 10.6. The minimum absolute atomic E-state index is 0.634. The lowest BCUT2D eigenvalue weighted by Gasteiger charge is -2.08. The number of nitrogens with zero attached hydrogens (tertiary/aromatic N) is 1. The number of hydrogen-bond acceptors (Lipinski definition) is 2. The maximum Gasteiger partial charge on any atom is 0.144 e. The summed E-state index contributed by atoms with van der Waals surface area (Å²) in [5.41, 5.74) is 3.66. The van der Waals surface area contributed by atoms with E-state index < -0.39 is 0 Å². The molecule has 0 saturated heterocycles. The molecule has 4 heteroatoms. The number of aromatic amines is 1. The Kier molecular flexibility index (Phi) is 4.30. The van der Waals surface area contributed by atoms with Crippen molar-refractivity contribution in [3.05, 3.63) is 56.0 Å². The lowest BCUT2D eigenvalue weighted by atomic mass is 10.1. The van der Waals surface area contributed by atoms with Gasteiger partial charge in [0.15, 0.2) is 0 Å². The first-order chi connectivity index (χ1) is 8.61. The molecule has 0 spiro atoms. The third-order valence-corrected chi connectivity index (χ3v) is 4.37. The van der Waals surface area contributed by atoms with Gasteiger partial charge >= 0.3 is 0 Å². The fourth-order valence-corrected chi connectivity index (χ4v) is 2.58. The van der Waals surface area contributed by atoms with Gasteiger partial charge in [-0.2, -0.15) is 0 Å². The van der Waals surface area contributed by atoms with Gasteiger partial charge in [0.1, 0.15) is 10.5 Å². The van der Waals surface area contributed by atoms with Crippen molar-refractivity contribution in [2.75, 3.05) is 0 Å². The highest BCUT2D eigenvalue weighted by atomic mass is 79.9. The topological polar surface area (TPSA) is 28.7 Å². The highest BCUT2D eigenvalue weighted by Crippen LogP contribution is 2.18. The van der Waals surface area contributed by atoms with Crippen LogP contribution in [0.2, 0.25) is 0 Å². The number of benzene rings is 1. The summed E-state index contributed by atoms with van der Waals surface area (Å²) in [6.45, 7) is 4.21. The van der Waals surface area contributed by atoms with Crippen LogP contribution in [0.4, 0.5) is 0 Å². The van der Waals surface area contributed by atoms with Crippen LogP contribution in [-0.4, -0.2) is 9.97 Å². The molecule has 0 aliphatic carbocycles. The molecule has 0 bridgehead atoms. The minimum atomic E-state index is 0.634. The van der Waals surface area contributed by atoms with E-state index in [4.69, 9.17) is 12.2 Å². The molecule has 0 aliphatic rings. The molecule has 18 heavy (non-hydrogen) atoms. The Bertz CT molecular complexity index is 619. The minimum Gasteiger partial charge on any atom is -0.346 e. The van der Waals surface area contributed by atoms with E-state index in [1.54, 1.807) is 0 Å². The van der Waals surface area contributed by atoms with Gasteiger partial charge in [-0.25, -0.2) is 4.98 Å². The average molecular weight is 323 g/mol. The van der Waals surface area contributed by atoms with Crippen molar-refractivity contribution < 1.29 is 0 Å². The van der Waals surface area contributed by atoms with Crippen molar-refractivity contribution in [1.29, 1.82) is 0 Å². The smallest absolute Gasteiger partial charge is 0.144 e. The molecule has 0 atom stereocenters. The maximum absolute atomic E-state index is 5.27. The zero-order valence-electron chi connectivity index (χ0n) is 10.5. The molecule has 1 heterocycles. The number of aryl methyl sites for hydroxylation is 2. The number of aromatic nitrogens is 2. The van der Waals surface area contributed by atoms with Gasteiger partial charge in [0.25, 0.3) is 0 Å². The summed E-state index contributed by atoms with van der Waals surface area (Å²) >= 11 is 8.74. The summed E-state index contributed by atoms with van der Waals surface area (Å²) in [5, 5.41) is 0. The van der Waals surface area contributed by atoms with Crippen molar-refractivity contribution in [3.63, 3.8) is 0 Å². The van der Waals surface area contributed by atoms with Crippen LogP contribution in [0.3, 0.4) is 0 Å². The van der Waals surface area contributed by atoms with Crippen LogP contribution < -0.4 is 0 Å². The van der Waals surface area contributed by atoms with Gasteiger partial charge in [-0.15, -0.1) is 0 Å². The summed E-state index contributed by atoms with van der Waals surface area (Å²) in [6, 6.07) is 8.34. The summed E-state index contributed by atoms with van der Waals surface area (Å²) in [6.07, 6.45) is 1.70. The molecule has 0 fully saturated rings. The van der Waals surface area contributed by atoms with Crippen LogP contribution in [0.15, 0.2) is 28.7 Å². The highest BCUT2D eigenvalue weighted by molar-refractivity contribution is 9.10. The molecule has 1 aromatic heterocycles. The molecule has 0 aliphatic heterocycles. The number of nitrogens with one attached hydrogen (secondary N) is 1. The van der Waals surface area contributed by atoms with Crippen molar-refractivity contribution in [1.82, 2.24) is 9.97 Å². The Morgan fingerprint density at radius 1 is 1.33 bits per heavy atom. The monoisotopic (exact) mass is 322 g/mol. The Labute approximate surface area is 121 Å². The molecule has 0 saturated carbocycles. The van der Waals surface area contributed by atoms with Gasteiger partial charge in [-0.05, 0) is 40.4 Å². The summed E-state index contributed by atoms with van der Waals surface area (Å²) in [7, 11) is 0. The number of halogens is 1. The zero-order valence-corrected chi connectivity index (χ0v) is 12.9. The molecule has 2 nitrogen and oxygen atoms in total. The lowest BCUT2D eigenvalue weighted by molar-refractivity contribution is 0.886.